The van der Waals surface area contributed by atoms with Gasteiger partial charge in [0.15, 0.2) is 0 Å². The van der Waals surface area contributed by atoms with Gasteiger partial charge in [-0.2, -0.15) is 0 Å². The summed E-state index contributed by atoms with van der Waals surface area (Å²) in [5.74, 6) is 0.938. The van der Waals surface area contributed by atoms with Crippen molar-refractivity contribution in [2.45, 2.75) is 65.3 Å². The highest BCUT2D eigenvalue weighted by Gasteiger charge is 2.45. The van der Waals surface area contributed by atoms with Crippen molar-refractivity contribution in [2.24, 2.45) is 11.3 Å². The van der Waals surface area contributed by atoms with Crippen molar-refractivity contribution in [3.63, 3.8) is 0 Å². The highest BCUT2D eigenvalue weighted by atomic mass is 16.1. The second kappa shape index (κ2) is 9.71. The first-order valence-electron chi connectivity index (χ1n) is 11.5. The van der Waals surface area contributed by atoms with Gasteiger partial charge in [0.25, 0.3) is 0 Å². The third-order valence-electron chi connectivity index (χ3n) is 7.35. The molecule has 1 N–H and O–H groups in total. The second-order valence-electron chi connectivity index (χ2n) is 9.60. The minimum atomic E-state index is 0.205. The quantitative estimate of drug-likeness (QED) is 0.704. The molecular weight excluding hydrogens is 336 g/mol. The maximum absolute atomic E-state index is 11.4. The topological polar surface area (TPSA) is 38.8 Å². The minimum absolute atomic E-state index is 0.205. The fourth-order valence-corrected chi connectivity index (χ4v) is 5.37. The zero-order valence-corrected chi connectivity index (χ0v) is 18.0. The molecule has 1 saturated carbocycles. The Morgan fingerprint density at radius 2 is 1.59 bits per heavy atom. The summed E-state index contributed by atoms with van der Waals surface area (Å²) in [6.07, 6.45) is 7.35. The van der Waals surface area contributed by atoms with Gasteiger partial charge in [-0.3, -0.25) is 9.69 Å². The van der Waals surface area contributed by atoms with E-state index < -0.39 is 0 Å². The molecule has 5 nitrogen and oxygen atoms in total. The number of nitrogens with one attached hydrogen (secondary N) is 1. The van der Waals surface area contributed by atoms with Crippen LogP contribution in [0.3, 0.4) is 0 Å². The van der Waals surface area contributed by atoms with E-state index in [1.165, 1.54) is 84.5 Å². The third-order valence-corrected chi connectivity index (χ3v) is 7.35. The lowest BCUT2D eigenvalue weighted by atomic mass is 9.57. The van der Waals surface area contributed by atoms with E-state index in [-0.39, 0.29) is 5.91 Å². The van der Waals surface area contributed by atoms with Crippen LogP contribution in [0, 0.1) is 11.3 Å². The van der Waals surface area contributed by atoms with Crippen molar-refractivity contribution in [3.05, 3.63) is 0 Å². The molecule has 3 rings (SSSR count). The highest BCUT2D eigenvalue weighted by Crippen LogP contribution is 2.52. The van der Waals surface area contributed by atoms with E-state index in [1.54, 1.807) is 0 Å². The summed E-state index contributed by atoms with van der Waals surface area (Å²) in [6.45, 7) is 17.5. The molecule has 3 aliphatic rings. The van der Waals surface area contributed by atoms with Crippen molar-refractivity contribution < 1.29 is 4.79 Å². The average Bonchev–Trinajstić information content (AvgIpc) is 2.66. The first kappa shape index (κ1) is 21.1. The van der Waals surface area contributed by atoms with E-state index in [0.717, 1.165) is 12.5 Å². The third kappa shape index (κ3) is 5.91. The fourth-order valence-electron chi connectivity index (χ4n) is 5.37. The molecule has 3 fully saturated rings. The van der Waals surface area contributed by atoms with Gasteiger partial charge in [0.1, 0.15) is 0 Å². The molecule has 0 unspecified atom stereocenters. The van der Waals surface area contributed by atoms with Gasteiger partial charge in [-0.05, 0) is 83.5 Å². The van der Waals surface area contributed by atoms with Crippen LogP contribution in [0.5, 0.6) is 0 Å². The molecule has 0 radical (unpaired) electrons. The maximum Gasteiger partial charge on any atom is 0.219 e. The molecule has 1 spiro atoms. The highest BCUT2D eigenvalue weighted by molar-refractivity contribution is 5.75. The first-order chi connectivity index (χ1) is 13.0. The molecule has 0 aromatic carbocycles. The van der Waals surface area contributed by atoms with Crippen molar-refractivity contribution >= 4 is 5.91 Å². The summed E-state index contributed by atoms with van der Waals surface area (Å²) >= 11 is 0. The predicted molar refractivity (Wildman–Crippen MR) is 112 cm³/mol. The molecule has 0 aromatic heterocycles. The standard InChI is InChI=1S/C22H42N4O/c1-4-21(27)23-18-20-16-22(17-20)6-10-24(11-7-22)8-5-9-25-12-14-26(15-13-25)19(2)3/h19-20H,4-18H2,1-3H3,(H,23,27). The van der Waals surface area contributed by atoms with E-state index in [2.05, 4.69) is 33.9 Å². The average molecular weight is 379 g/mol. The lowest BCUT2D eigenvalue weighted by molar-refractivity contribution is -0.121. The minimum Gasteiger partial charge on any atom is -0.356 e. The second-order valence-corrected chi connectivity index (χ2v) is 9.60. The molecule has 2 aliphatic heterocycles. The summed E-state index contributed by atoms with van der Waals surface area (Å²) in [7, 11) is 0. The van der Waals surface area contributed by atoms with Gasteiger partial charge in [-0.25, -0.2) is 0 Å². The lowest BCUT2D eigenvalue weighted by Gasteiger charge is -2.52. The monoisotopic (exact) mass is 378 g/mol. The Kier molecular flexibility index (Phi) is 7.57. The molecule has 2 saturated heterocycles. The molecule has 27 heavy (non-hydrogen) atoms. The predicted octanol–water partition coefficient (Wildman–Crippen LogP) is 2.42. The van der Waals surface area contributed by atoms with Crippen LogP contribution in [-0.4, -0.2) is 85.6 Å². The number of nitrogens with zero attached hydrogens (tertiary/aromatic N) is 3. The van der Waals surface area contributed by atoms with Gasteiger partial charge >= 0.3 is 0 Å². The maximum atomic E-state index is 11.4. The van der Waals surface area contributed by atoms with Gasteiger partial charge in [0, 0.05) is 45.2 Å². The summed E-state index contributed by atoms with van der Waals surface area (Å²) in [4.78, 5) is 19.4. The number of carbonyl (C=O) groups excluding carboxylic acids is 1. The first-order valence-corrected chi connectivity index (χ1v) is 11.5. The van der Waals surface area contributed by atoms with Crippen LogP contribution in [0.15, 0.2) is 0 Å². The van der Waals surface area contributed by atoms with Crippen LogP contribution >= 0.6 is 0 Å². The van der Waals surface area contributed by atoms with Crippen LogP contribution in [0.2, 0.25) is 0 Å². The van der Waals surface area contributed by atoms with Crippen LogP contribution < -0.4 is 5.32 Å². The summed E-state index contributed by atoms with van der Waals surface area (Å²) < 4.78 is 0. The number of carbonyl (C=O) groups is 1. The summed E-state index contributed by atoms with van der Waals surface area (Å²) in [6, 6.07) is 0.696. The number of rotatable bonds is 8. The smallest absolute Gasteiger partial charge is 0.219 e. The van der Waals surface area contributed by atoms with Crippen LogP contribution in [0.1, 0.15) is 59.3 Å². The Morgan fingerprint density at radius 1 is 1.00 bits per heavy atom. The van der Waals surface area contributed by atoms with Crippen LogP contribution in [-0.2, 0) is 4.79 Å². The number of likely N-dealkylation sites (tertiary alicyclic amines) is 1. The SMILES string of the molecule is CCC(=O)NCC1CC2(CCN(CCCN3CCN(C(C)C)CC3)CC2)C1. The largest absolute Gasteiger partial charge is 0.356 e. The molecular formula is C22H42N4O. The Balaban J connectivity index is 1.24. The Labute approximate surface area is 166 Å². The van der Waals surface area contributed by atoms with E-state index in [0.29, 0.717) is 17.9 Å². The van der Waals surface area contributed by atoms with Crippen molar-refractivity contribution in [1.29, 1.82) is 0 Å². The number of amides is 1. The number of hydrogen-bond acceptors (Lipinski definition) is 4. The fraction of sp³-hybridized carbons (Fsp3) is 0.955. The number of piperazine rings is 1. The van der Waals surface area contributed by atoms with Gasteiger partial charge in [-0.15, -0.1) is 0 Å². The van der Waals surface area contributed by atoms with Crippen molar-refractivity contribution in [1.82, 2.24) is 20.0 Å². The Morgan fingerprint density at radius 3 is 2.15 bits per heavy atom. The molecule has 5 heteroatoms. The number of hydrogen-bond donors (Lipinski definition) is 1. The molecule has 0 bridgehead atoms. The number of piperidine rings is 1. The molecule has 156 valence electrons. The van der Waals surface area contributed by atoms with Crippen LogP contribution in [0.25, 0.3) is 0 Å². The van der Waals surface area contributed by atoms with Gasteiger partial charge in [-0.1, -0.05) is 6.92 Å². The zero-order valence-electron chi connectivity index (χ0n) is 18.0. The Bertz CT molecular complexity index is 457. The normalized spacial score (nSPS) is 25.0. The van der Waals surface area contributed by atoms with Gasteiger partial charge < -0.3 is 15.1 Å². The Hall–Kier alpha value is -0.650. The van der Waals surface area contributed by atoms with E-state index in [1.807, 2.05) is 6.92 Å². The van der Waals surface area contributed by atoms with Gasteiger partial charge in [0.2, 0.25) is 5.91 Å². The summed E-state index contributed by atoms with van der Waals surface area (Å²) in [5.41, 5.74) is 0.616. The van der Waals surface area contributed by atoms with E-state index in [4.69, 9.17) is 0 Å². The molecule has 2 heterocycles. The lowest BCUT2D eigenvalue weighted by Crippen LogP contribution is -2.50. The van der Waals surface area contributed by atoms with Gasteiger partial charge in [0.05, 0.1) is 0 Å². The van der Waals surface area contributed by atoms with Crippen molar-refractivity contribution in [3.8, 4) is 0 Å². The zero-order chi connectivity index (χ0) is 19.3. The van der Waals surface area contributed by atoms with Crippen molar-refractivity contribution in [2.75, 3.05) is 58.9 Å². The molecule has 0 aromatic rings. The molecule has 1 amide bonds. The molecule has 1 aliphatic carbocycles. The molecule has 0 atom stereocenters. The van der Waals surface area contributed by atoms with E-state index >= 15 is 0 Å². The van der Waals surface area contributed by atoms with Crippen LogP contribution in [0.4, 0.5) is 0 Å². The summed E-state index contributed by atoms with van der Waals surface area (Å²) in [5, 5.41) is 3.08. The van der Waals surface area contributed by atoms with E-state index in [9.17, 15) is 4.79 Å².